The molecule has 1 aromatic rings. The molecule has 0 aliphatic heterocycles. The number of aldehydes is 2. The van der Waals surface area contributed by atoms with Crippen LogP contribution < -0.4 is 16.0 Å². The normalized spacial score (nSPS) is 16.8. The molecule has 4 N–H and O–H groups in total. The lowest BCUT2D eigenvalue weighted by Gasteiger charge is -2.28. The lowest BCUT2D eigenvalue weighted by Crippen LogP contribution is -2.40. The summed E-state index contributed by atoms with van der Waals surface area (Å²) in [6, 6.07) is 4.04. The highest BCUT2D eigenvalue weighted by Crippen LogP contribution is 2.28. The van der Waals surface area contributed by atoms with Gasteiger partial charge in [-0.3, -0.25) is 28.8 Å². The monoisotopic (exact) mass is 618 g/mol. The third kappa shape index (κ3) is 12.6. The Morgan fingerprint density at radius 3 is 2.28 bits per heavy atom. The number of carboxylic acids is 1. The largest absolute Gasteiger partial charge is 0.480 e. The number of carboxylic acid groups (broad SMARTS) is 1. The molecular weight excluding hydrogens is 576 g/mol. The van der Waals surface area contributed by atoms with Crippen LogP contribution in [0, 0.1) is 11.8 Å². The maximum Gasteiger partial charge on any atom is 0.326 e. The number of aliphatic carboxylic acids is 1. The number of likely N-dealkylation sites (N-methyl/N-ethyl adjacent to an activating group) is 1. The van der Waals surface area contributed by atoms with E-state index < -0.39 is 12.0 Å². The number of rotatable bonds is 18. The topological polar surface area (TPSA) is 179 Å². The smallest absolute Gasteiger partial charge is 0.326 e. The second-order valence-electron chi connectivity index (χ2n) is 10.7. The van der Waals surface area contributed by atoms with Crippen molar-refractivity contribution >= 4 is 53.9 Å². The molecule has 12 nitrogen and oxygen atoms in total. The van der Waals surface area contributed by atoms with Crippen molar-refractivity contribution in [2.45, 2.75) is 57.9 Å². The van der Waals surface area contributed by atoms with Crippen molar-refractivity contribution < 1.29 is 38.7 Å². The molecule has 0 radical (unpaired) electrons. The molecule has 0 bridgehead atoms. The van der Waals surface area contributed by atoms with Gasteiger partial charge in [0.05, 0.1) is 5.75 Å². The van der Waals surface area contributed by atoms with E-state index >= 15 is 0 Å². The minimum Gasteiger partial charge on any atom is -0.480 e. The Morgan fingerprint density at radius 1 is 0.953 bits per heavy atom. The molecular formula is C30H42N4O8S. The van der Waals surface area contributed by atoms with Gasteiger partial charge in [-0.05, 0) is 56.6 Å². The zero-order valence-corrected chi connectivity index (χ0v) is 25.6. The van der Waals surface area contributed by atoms with Crippen molar-refractivity contribution in [2.75, 3.05) is 38.2 Å². The van der Waals surface area contributed by atoms with Gasteiger partial charge in [0, 0.05) is 62.3 Å². The lowest BCUT2D eigenvalue weighted by molar-refractivity contribution is -0.148. The highest BCUT2D eigenvalue weighted by atomic mass is 32.2. The molecule has 1 aliphatic rings. The zero-order chi connectivity index (χ0) is 31.8. The average Bonchev–Trinajstić information content (AvgIpc) is 3.02. The van der Waals surface area contributed by atoms with Crippen molar-refractivity contribution in [3.05, 3.63) is 34.9 Å². The molecule has 0 saturated heterocycles. The van der Waals surface area contributed by atoms with Crippen molar-refractivity contribution in [1.82, 2.24) is 20.9 Å². The van der Waals surface area contributed by atoms with E-state index in [4.69, 9.17) is 5.11 Å². The minimum absolute atomic E-state index is 0.0420. The first-order chi connectivity index (χ1) is 20.5. The molecule has 0 spiro atoms. The van der Waals surface area contributed by atoms with Crippen molar-refractivity contribution in [1.29, 1.82) is 0 Å². The fourth-order valence-corrected chi connectivity index (χ4v) is 5.44. The Morgan fingerprint density at radius 2 is 1.63 bits per heavy atom. The van der Waals surface area contributed by atoms with Crippen LogP contribution in [0.1, 0.15) is 71.7 Å². The van der Waals surface area contributed by atoms with Crippen LogP contribution in [0.3, 0.4) is 0 Å². The van der Waals surface area contributed by atoms with Crippen LogP contribution >= 0.6 is 11.8 Å². The van der Waals surface area contributed by atoms with Gasteiger partial charge in [-0.1, -0.05) is 12.1 Å². The van der Waals surface area contributed by atoms with E-state index in [1.807, 2.05) is 0 Å². The van der Waals surface area contributed by atoms with Gasteiger partial charge in [0.1, 0.15) is 6.04 Å². The van der Waals surface area contributed by atoms with Gasteiger partial charge in [0.15, 0.2) is 12.6 Å². The first-order valence-corrected chi connectivity index (χ1v) is 15.6. The highest BCUT2D eigenvalue weighted by molar-refractivity contribution is 7.99. The molecule has 0 unspecified atom stereocenters. The van der Waals surface area contributed by atoms with Crippen LogP contribution in [-0.2, 0) is 30.4 Å². The Kier molecular flexibility index (Phi) is 15.4. The maximum absolute atomic E-state index is 12.5. The van der Waals surface area contributed by atoms with Crippen molar-refractivity contribution in [3.63, 3.8) is 0 Å². The van der Waals surface area contributed by atoms with Crippen molar-refractivity contribution in [2.24, 2.45) is 11.8 Å². The molecule has 1 aliphatic carbocycles. The standard InChI is InChI=1S/C30H42N4O8S/c1-20(30(41)42)34(2)28(39)11-14-43-19-27(38)31-12-13-32-29(40)23-7-4-22(5-8-23)16-33-26(37)10-6-21-3-9-24(17-35)25(15-21)18-36/h3,9,15,17-18,20,22-23H,4-8,10-14,16,19H2,1-2H3,(H,31,38)(H,32,40)(H,33,37)(H,41,42)/t20-,22?,23?/m0/s1. The quantitative estimate of drug-likeness (QED) is 0.140. The maximum atomic E-state index is 12.5. The summed E-state index contributed by atoms with van der Waals surface area (Å²) in [7, 11) is 1.44. The second kappa shape index (κ2) is 18.7. The number of carbonyl (C=O) groups is 7. The molecule has 13 heteroatoms. The van der Waals surface area contributed by atoms with E-state index in [1.165, 1.54) is 30.6 Å². The molecule has 1 aromatic carbocycles. The van der Waals surface area contributed by atoms with Crippen LogP contribution in [-0.4, -0.2) is 96.4 Å². The third-order valence-corrected chi connectivity index (χ3v) is 8.58. The minimum atomic E-state index is -1.07. The number of hydrogen-bond acceptors (Lipinski definition) is 8. The fourth-order valence-electron chi connectivity index (χ4n) is 4.69. The molecule has 4 amide bonds. The van der Waals surface area contributed by atoms with E-state index in [9.17, 15) is 33.6 Å². The number of nitrogens with zero attached hydrogens (tertiary/aromatic N) is 1. The number of benzene rings is 1. The van der Waals surface area contributed by atoms with Crippen LogP contribution in [0.4, 0.5) is 0 Å². The second-order valence-corrected chi connectivity index (χ2v) is 11.8. The van der Waals surface area contributed by atoms with Gasteiger partial charge in [-0.2, -0.15) is 11.8 Å². The molecule has 1 atom stereocenters. The summed E-state index contributed by atoms with van der Waals surface area (Å²) in [6.45, 7) is 2.59. The number of aryl methyl sites for hydroxylation is 1. The van der Waals surface area contributed by atoms with E-state index in [1.54, 1.807) is 18.2 Å². The highest BCUT2D eigenvalue weighted by Gasteiger charge is 2.26. The molecule has 1 saturated carbocycles. The summed E-state index contributed by atoms with van der Waals surface area (Å²) in [5, 5.41) is 17.5. The van der Waals surface area contributed by atoms with Crippen molar-refractivity contribution in [3.8, 4) is 0 Å². The van der Waals surface area contributed by atoms with Crippen LogP contribution in [0.2, 0.25) is 0 Å². The molecule has 0 heterocycles. The van der Waals surface area contributed by atoms with Gasteiger partial charge in [0.25, 0.3) is 0 Å². The number of amides is 4. The fraction of sp³-hybridized carbons (Fsp3) is 0.567. The Bertz CT molecular complexity index is 1150. The molecule has 1 fully saturated rings. The number of hydrogen-bond donors (Lipinski definition) is 4. The Hall–Kier alpha value is -3.74. The number of carbonyl (C=O) groups excluding carboxylic acids is 6. The van der Waals surface area contributed by atoms with Crippen LogP contribution in [0.5, 0.6) is 0 Å². The summed E-state index contributed by atoms with van der Waals surface area (Å²) in [5.74, 6) is -0.942. The lowest BCUT2D eigenvalue weighted by atomic mass is 9.81. The molecule has 0 aromatic heterocycles. The van der Waals surface area contributed by atoms with Gasteiger partial charge in [-0.25, -0.2) is 4.79 Å². The molecule has 2 rings (SSSR count). The third-order valence-electron chi connectivity index (χ3n) is 7.62. The number of nitrogens with one attached hydrogen (secondary N) is 3. The average molecular weight is 619 g/mol. The first-order valence-electron chi connectivity index (χ1n) is 14.5. The first kappa shape index (κ1) is 35.5. The van der Waals surface area contributed by atoms with Gasteiger partial charge < -0.3 is 26.0 Å². The van der Waals surface area contributed by atoms with Gasteiger partial charge in [0.2, 0.25) is 23.6 Å². The van der Waals surface area contributed by atoms with E-state index in [2.05, 4.69) is 16.0 Å². The predicted octanol–water partition coefficient (Wildman–Crippen LogP) is 1.45. The predicted molar refractivity (Wildman–Crippen MR) is 162 cm³/mol. The Labute approximate surface area is 256 Å². The van der Waals surface area contributed by atoms with E-state index in [-0.39, 0.29) is 48.1 Å². The van der Waals surface area contributed by atoms with Gasteiger partial charge in [-0.15, -0.1) is 0 Å². The van der Waals surface area contributed by atoms with Crippen LogP contribution in [0.25, 0.3) is 0 Å². The summed E-state index contributed by atoms with van der Waals surface area (Å²) in [5.41, 5.74) is 1.46. The summed E-state index contributed by atoms with van der Waals surface area (Å²) in [4.78, 5) is 83.0. The zero-order valence-electron chi connectivity index (χ0n) is 24.8. The molecule has 43 heavy (non-hydrogen) atoms. The van der Waals surface area contributed by atoms with E-state index in [0.29, 0.717) is 61.4 Å². The summed E-state index contributed by atoms with van der Waals surface area (Å²) in [6.07, 6.45) is 5.26. The van der Waals surface area contributed by atoms with E-state index in [0.717, 1.165) is 31.2 Å². The number of thioether (sulfide) groups is 1. The van der Waals surface area contributed by atoms with Gasteiger partial charge >= 0.3 is 5.97 Å². The molecule has 236 valence electrons. The summed E-state index contributed by atoms with van der Waals surface area (Å²) >= 11 is 1.28. The van der Waals surface area contributed by atoms with Crippen LogP contribution in [0.15, 0.2) is 18.2 Å². The Balaban J connectivity index is 1.53. The SMILES string of the molecule is C[C@@H](C(=O)O)N(C)C(=O)CCSCC(=O)NCCNC(=O)C1CCC(CNC(=O)CCc2ccc(C=O)c(C=O)c2)CC1. The summed E-state index contributed by atoms with van der Waals surface area (Å²) < 4.78 is 0.